The Hall–Kier alpha value is -1.59. The van der Waals surface area contributed by atoms with Crippen LogP contribution in [0.25, 0.3) is 0 Å². The molecule has 0 saturated carbocycles. The van der Waals surface area contributed by atoms with E-state index >= 15 is 0 Å². The van der Waals surface area contributed by atoms with E-state index in [2.05, 4.69) is 5.32 Å². The Kier molecular flexibility index (Phi) is 4.76. The van der Waals surface area contributed by atoms with Gasteiger partial charge in [-0.2, -0.15) is 0 Å². The number of amides is 1. The molecule has 2 atom stereocenters. The van der Waals surface area contributed by atoms with Gasteiger partial charge in [-0.1, -0.05) is 12.1 Å². The van der Waals surface area contributed by atoms with Crippen molar-refractivity contribution in [1.29, 1.82) is 0 Å². The molecule has 1 amide bonds. The second kappa shape index (κ2) is 6.54. The Morgan fingerprint density at radius 2 is 2.21 bits per heavy atom. The first-order chi connectivity index (χ1) is 9.15. The highest BCUT2D eigenvalue weighted by atomic mass is 16.5. The van der Waals surface area contributed by atoms with Crippen LogP contribution in [0.5, 0.6) is 5.75 Å². The van der Waals surface area contributed by atoms with E-state index in [9.17, 15) is 9.90 Å². The van der Waals surface area contributed by atoms with Crippen LogP contribution in [0.15, 0.2) is 24.3 Å². The first kappa shape index (κ1) is 13.8. The van der Waals surface area contributed by atoms with E-state index in [0.717, 1.165) is 25.0 Å². The van der Waals surface area contributed by atoms with Crippen molar-refractivity contribution in [3.63, 3.8) is 0 Å². The summed E-state index contributed by atoms with van der Waals surface area (Å²) >= 11 is 0. The number of phenols is 1. The van der Waals surface area contributed by atoms with E-state index in [1.807, 2.05) is 0 Å². The number of hydrogen-bond donors (Lipinski definition) is 3. The maximum Gasteiger partial charge on any atom is 0.237 e. The fourth-order valence-corrected chi connectivity index (χ4v) is 2.14. The number of aromatic hydroxyl groups is 1. The van der Waals surface area contributed by atoms with Crippen LogP contribution in [0.3, 0.4) is 0 Å². The Bertz CT molecular complexity index is 413. The van der Waals surface area contributed by atoms with Gasteiger partial charge < -0.3 is 20.9 Å². The maximum absolute atomic E-state index is 11.9. The SMILES string of the molecule is N[C@H](Cc1ccc(O)cc1)C(=O)NC1CCCOC1. The highest BCUT2D eigenvalue weighted by molar-refractivity contribution is 5.82. The number of hydrogen-bond acceptors (Lipinski definition) is 4. The van der Waals surface area contributed by atoms with Crippen molar-refractivity contribution in [3.05, 3.63) is 29.8 Å². The molecule has 0 spiro atoms. The van der Waals surface area contributed by atoms with Crippen molar-refractivity contribution in [1.82, 2.24) is 5.32 Å². The second-order valence-corrected chi connectivity index (χ2v) is 4.90. The lowest BCUT2D eigenvalue weighted by atomic mass is 10.0. The molecule has 1 aromatic rings. The predicted molar refractivity (Wildman–Crippen MR) is 71.8 cm³/mol. The van der Waals surface area contributed by atoms with Crippen LogP contribution >= 0.6 is 0 Å². The third kappa shape index (κ3) is 4.22. The standard InChI is InChI=1S/C14H20N2O3/c15-13(8-10-3-5-12(17)6-4-10)14(18)16-11-2-1-7-19-9-11/h3-6,11,13,17H,1-2,7-9,15H2,(H,16,18)/t11?,13-/m1/s1. The number of rotatable bonds is 4. The first-order valence-corrected chi connectivity index (χ1v) is 6.57. The summed E-state index contributed by atoms with van der Waals surface area (Å²) in [6.45, 7) is 1.34. The van der Waals surface area contributed by atoms with Crippen LogP contribution in [0, 0.1) is 0 Å². The molecule has 1 fully saturated rings. The quantitative estimate of drug-likeness (QED) is 0.741. The van der Waals surface area contributed by atoms with Crippen LogP contribution < -0.4 is 11.1 Å². The number of nitrogens with one attached hydrogen (secondary N) is 1. The van der Waals surface area contributed by atoms with E-state index in [0.29, 0.717) is 13.0 Å². The molecule has 1 saturated heterocycles. The third-order valence-corrected chi connectivity index (χ3v) is 3.24. The van der Waals surface area contributed by atoms with Crippen molar-refractivity contribution in [2.45, 2.75) is 31.3 Å². The fraction of sp³-hybridized carbons (Fsp3) is 0.500. The zero-order valence-corrected chi connectivity index (χ0v) is 10.8. The second-order valence-electron chi connectivity index (χ2n) is 4.90. The largest absolute Gasteiger partial charge is 0.508 e. The van der Waals surface area contributed by atoms with Gasteiger partial charge in [-0.05, 0) is 37.0 Å². The molecule has 1 aromatic carbocycles. The van der Waals surface area contributed by atoms with E-state index in [1.165, 1.54) is 0 Å². The monoisotopic (exact) mass is 264 g/mol. The van der Waals surface area contributed by atoms with Crippen LogP contribution in [0.2, 0.25) is 0 Å². The van der Waals surface area contributed by atoms with Crippen LogP contribution in [-0.4, -0.2) is 36.3 Å². The van der Waals surface area contributed by atoms with Gasteiger partial charge in [0.2, 0.25) is 5.91 Å². The number of phenolic OH excluding ortho intramolecular Hbond substituents is 1. The van der Waals surface area contributed by atoms with Crippen molar-refractivity contribution >= 4 is 5.91 Å². The van der Waals surface area contributed by atoms with Gasteiger partial charge in [0.25, 0.3) is 0 Å². The average Bonchev–Trinajstić information content (AvgIpc) is 2.42. The van der Waals surface area contributed by atoms with Crippen molar-refractivity contribution in [3.8, 4) is 5.75 Å². The van der Waals surface area contributed by atoms with Gasteiger partial charge in [-0.15, -0.1) is 0 Å². The summed E-state index contributed by atoms with van der Waals surface area (Å²) in [5, 5.41) is 12.1. The highest BCUT2D eigenvalue weighted by Crippen LogP contribution is 2.11. The van der Waals surface area contributed by atoms with Gasteiger partial charge in [0.15, 0.2) is 0 Å². The zero-order chi connectivity index (χ0) is 13.7. The molecule has 1 aliphatic heterocycles. The van der Waals surface area contributed by atoms with Crippen LogP contribution in [0.4, 0.5) is 0 Å². The normalized spacial score (nSPS) is 20.8. The van der Waals surface area contributed by atoms with Crippen molar-refractivity contribution < 1.29 is 14.6 Å². The van der Waals surface area contributed by atoms with Gasteiger partial charge in [-0.25, -0.2) is 0 Å². The summed E-state index contributed by atoms with van der Waals surface area (Å²) < 4.78 is 5.31. The number of ether oxygens (including phenoxy) is 1. The zero-order valence-electron chi connectivity index (χ0n) is 10.8. The van der Waals surface area contributed by atoms with Gasteiger partial charge >= 0.3 is 0 Å². The van der Waals surface area contributed by atoms with Gasteiger partial charge in [0.05, 0.1) is 18.7 Å². The Balaban J connectivity index is 1.83. The number of benzene rings is 1. The summed E-state index contributed by atoms with van der Waals surface area (Å²) in [4.78, 5) is 11.9. The average molecular weight is 264 g/mol. The molecule has 5 nitrogen and oxygen atoms in total. The van der Waals surface area contributed by atoms with E-state index in [1.54, 1.807) is 24.3 Å². The summed E-state index contributed by atoms with van der Waals surface area (Å²) in [7, 11) is 0. The molecule has 0 aromatic heterocycles. The molecular formula is C14H20N2O3. The van der Waals surface area contributed by atoms with E-state index in [-0.39, 0.29) is 17.7 Å². The topological polar surface area (TPSA) is 84.6 Å². The summed E-state index contributed by atoms with van der Waals surface area (Å²) in [5.41, 5.74) is 6.82. The smallest absolute Gasteiger partial charge is 0.237 e. The van der Waals surface area contributed by atoms with E-state index < -0.39 is 6.04 Å². The molecule has 2 rings (SSSR count). The summed E-state index contributed by atoms with van der Waals surface area (Å²) in [6.07, 6.45) is 2.37. The molecule has 1 heterocycles. The molecule has 0 aliphatic carbocycles. The molecule has 4 N–H and O–H groups in total. The molecular weight excluding hydrogens is 244 g/mol. The molecule has 19 heavy (non-hydrogen) atoms. The highest BCUT2D eigenvalue weighted by Gasteiger charge is 2.20. The van der Waals surface area contributed by atoms with E-state index in [4.69, 9.17) is 10.5 Å². The first-order valence-electron chi connectivity index (χ1n) is 6.57. The van der Waals surface area contributed by atoms with Gasteiger partial charge in [-0.3, -0.25) is 4.79 Å². The Morgan fingerprint density at radius 1 is 1.47 bits per heavy atom. The minimum Gasteiger partial charge on any atom is -0.508 e. The van der Waals surface area contributed by atoms with Gasteiger partial charge in [0.1, 0.15) is 5.75 Å². The Morgan fingerprint density at radius 3 is 2.84 bits per heavy atom. The summed E-state index contributed by atoms with van der Waals surface area (Å²) in [6, 6.07) is 6.22. The number of carbonyl (C=O) groups excluding carboxylic acids is 1. The lowest BCUT2D eigenvalue weighted by Crippen LogP contribution is -2.48. The molecule has 0 bridgehead atoms. The lowest BCUT2D eigenvalue weighted by Gasteiger charge is -2.24. The Labute approximate surface area is 112 Å². The molecule has 1 unspecified atom stereocenters. The molecule has 1 aliphatic rings. The number of carbonyl (C=O) groups is 1. The maximum atomic E-state index is 11.9. The van der Waals surface area contributed by atoms with Crippen molar-refractivity contribution in [2.24, 2.45) is 5.73 Å². The minimum atomic E-state index is -0.577. The van der Waals surface area contributed by atoms with Gasteiger partial charge in [0, 0.05) is 6.61 Å². The van der Waals surface area contributed by atoms with Crippen LogP contribution in [0.1, 0.15) is 18.4 Å². The molecule has 0 radical (unpaired) electrons. The molecule has 104 valence electrons. The predicted octanol–water partition coefficient (Wildman–Crippen LogP) is 0.557. The lowest BCUT2D eigenvalue weighted by molar-refractivity contribution is -0.124. The molecule has 5 heteroatoms. The number of nitrogens with two attached hydrogens (primary N) is 1. The third-order valence-electron chi connectivity index (χ3n) is 3.24. The summed E-state index contributed by atoms with van der Waals surface area (Å²) in [5.74, 6) is 0.0599. The fourth-order valence-electron chi connectivity index (χ4n) is 2.14. The minimum absolute atomic E-state index is 0.0760. The van der Waals surface area contributed by atoms with Crippen molar-refractivity contribution in [2.75, 3.05) is 13.2 Å². The van der Waals surface area contributed by atoms with Crippen LogP contribution in [-0.2, 0) is 16.0 Å².